The predicted octanol–water partition coefficient (Wildman–Crippen LogP) is 10.9. The Balaban J connectivity index is 4.22. The minimum atomic E-state index is -4.70. The first-order chi connectivity index (χ1) is 25.6. The zero-order valence-electron chi connectivity index (χ0n) is 33.6. The molecule has 0 amide bonds. The smallest absolute Gasteiger partial charge is 0.472 e. The Morgan fingerprint density at radius 3 is 1.38 bits per heavy atom. The normalized spacial score (nSPS) is 13.9. The van der Waals surface area contributed by atoms with Gasteiger partial charge in [0.25, 0.3) is 0 Å². The fraction of sp³-hybridized carbons (Fsp3) is 0.878. The average molecular weight is 776 g/mol. The maximum Gasteiger partial charge on any atom is 0.472 e. The van der Waals surface area contributed by atoms with Crippen molar-refractivity contribution in [1.29, 1.82) is 0 Å². The number of ether oxygens (including phenoxy) is 2. The first-order valence-corrected chi connectivity index (χ1v) is 22.7. The molecule has 0 aliphatic carbocycles. The molecule has 0 fully saturated rings. The summed E-state index contributed by atoms with van der Waals surface area (Å²) in [5.74, 6) is -2.37. The Morgan fingerprint density at radius 1 is 0.566 bits per heavy atom. The lowest BCUT2D eigenvalue weighted by atomic mass is 10.0. The van der Waals surface area contributed by atoms with Gasteiger partial charge in [0.1, 0.15) is 12.6 Å². The molecular weight excluding hydrogens is 697 g/mol. The number of phosphoric ester groups is 1. The number of aliphatic carboxylic acids is 1. The predicted molar refractivity (Wildman–Crippen MR) is 213 cm³/mol. The van der Waals surface area contributed by atoms with E-state index in [1.807, 2.05) is 0 Å². The van der Waals surface area contributed by atoms with Crippen molar-refractivity contribution in [1.82, 2.24) is 0 Å². The molecule has 0 aromatic rings. The quantitative estimate of drug-likeness (QED) is 0.0234. The Kier molecular flexibility index (Phi) is 35.9. The molecule has 3 atom stereocenters. The molecule has 12 heteroatoms. The third kappa shape index (κ3) is 36.9. The van der Waals surface area contributed by atoms with Crippen molar-refractivity contribution in [2.45, 2.75) is 212 Å². The van der Waals surface area contributed by atoms with E-state index >= 15 is 0 Å². The molecule has 0 spiro atoms. The van der Waals surface area contributed by atoms with E-state index in [-0.39, 0.29) is 19.4 Å². The maximum absolute atomic E-state index is 12.6. The summed E-state index contributed by atoms with van der Waals surface area (Å²) in [6.07, 6.45) is 35.8. The average Bonchev–Trinajstić information content (AvgIpc) is 3.13. The van der Waals surface area contributed by atoms with Crippen molar-refractivity contribution in [2.75, 3.05) is 19.8 Å². The summed E-state index contributed by atoms with van der Waals surface area (Å²) < 4.78 is 32.6. The Hall–Kier alpha value is -1.78. The van der Waals surface area contributed by atoms with Gasteiger partial charge in [-0.05, 0) is 38.5 Å². The van der Waals surface area contributed by atoms with Gasteiger partial charge in [-0.2, -0.15) is 0 Å². The van der Waals surface area contributed by atoms with E-state index in [1.54, 1.807) is 0 Å². The number of rotatable bonds is 40. The van der Waals surface area contributed by atoms with Crippen LogP contribution in [-0.2, 0) is 37.5 Å². The van der Waals surface area contributed by atoms with Crippen LogP contribution in [0, 0.1) is 0 Å². The first-order valence-electron chi connectivity index (χ1n) is 21.2. The minimum Gasteiger partial charge on any atom is -0.480 e. The molecule has 4 N–H and O–H groups in total. The third-order valence-corrected chi connectivity index (χ3v) is 10.2. The number of carbonyl (C=O) groups excluding carboxylic acids is 2. The van der Waals surface area contributed by atoms with E-state index in [4.69, 9.17) is 24.8 Å². The summed E-state index contributed by atoms with van der Waals surface area (Å²) in [5, 5.41) is 8.86. The van der Waals surface area contributed by atoms with Crippen molar-refractivity contribution in [3.8, 4) is 0 Å². The van der Waals surface area contributed by atoms with E-state index < -0.39 is 51.1 Å². The van der Waals surface area contributed by atoms with Gasteiger partial charge in [0.15, 0.2) is 6.10 Å². The summed E-state index contributed by atoms with van der Waals surface area (Å²) in [4.78, 5) is 45.7. The summed E-state index contributed by atoms with van der Waals surface area (Å²) in [6.45, 7) is 2.77. The number of hydrogen-bond acceptors (Lipinski definition) is 9. The van der Waals surface area contributed by atoms with Gasteiger partial charge in [-0.1, -0.05) is 161 Å². The molecule has 0 saturated heterocycles. The van der Waals surface area contributed by atoms with E-state index in [1.165, 1.54) is 122 Å². The minimum absolute atomic E-state index is 0.164. The summed E-state index contributed by atoms with van der Waals surface area (Å²) >= 11 is 0. The molecule has 0 aromatic carbocycles. The molecule has 0 radical (unpaired) electrons. The van der Waals surface area contributed by atoms with Gasteiger partial charge in [-0.3, -0.25) is 23.4 Å². The molecule has 0 aliphatic heterocycles. The highest BCUT2D eigenvalue weighted by Gasteiger charge is 2.28. The topological polar surface area (TPSA) is 172 Å². The number of nitrogens with two attached hydrogens (primary N) is 1. The molecule has 0 aromatic heterocycles. The number of allylic oxidation sites excluding steroid dienone is 2. The van der Waals surface area contributed by atoms with Gasteiger partial charge in [0.05, 0.1) is 13.2 Å². The number of carboxylic acids is 1. The van der Waals surface area contributed by atoms with Gasteiger partial charge < -0.3 is 25.2 Å². The highest BCUT2D eigenvalue weighted by Crippen LogP contribution is 2.43. The Labute approximate surface area is 322 Å². The van der Waals surface area contributed by atoms with E-state index in [9.17, 15) is 23.8 Å². The van der Waals surface area contributed by atoms with Crippen LogP contribution in [-0.4, -0.2) is 59.9 Å². The van der Waals surface area contributed by atoms with E-state index in [2.05, 4.69) is 30.5 Å². The number of carbonyl (C=O) groups is 3. The van der Waals surface area contributed by atoms with Gasteiger partial charge in [0.2, 0.25) is 0 Å². The molecule has 53 heavy (non-hydrogen) atoms. The molecule has 0 heterocycles. The lowest BCUT2D eigenvalue weighted by molar-refractivity contribution is -0.161. The van der Waals surface area contributed by atoms with Crippen LogP contribution in [0.15, 0.2) is 12.2 Å². The SMILES string of the molecule is CCCCCCCC/C=C/CCCCCCCCCCCCCC(=O)O[C@@H](COC(=O)CCCCCCCCCC)COP(=O)(O)OC[C@H](N)C(=O)O. The van der Waals surface area contributed by atoms with Gasteiger partial charge in [-0.25, -0.2) is 4.57 Å². The highest BCUT2D eigenvalue weighted by molar-refractivity contribution is 7.47. The van der Waals surface area contributed by atoms with Crippen molar-refractivity contribution < 1.29 is 47.5 Å². The number of phosphoric acid groups is 1. The number of hydrogen-bond donors (Lipinski definition) is 3. The summed E-state index contributed by atoms with van der Waals surface area (Å²) in [5.41, 5.74) is 5.32. The zero-order chi connectivity index (χ0) is 39.3. The lowest BCUT2D eigenvalue weighted by Crippen LogP contribution is -2.34. The van der Waals surface area contributed by atoms with Crippen LogP contribution in [0.5, 0.6) is 0 Å². The molecule has 1 unspecified atom stereocenters. The van der Waals surface area contributed by atoms with Gasteiger partial charge in [-0.15, -0.1) is 0 Å². The second-order valence-corrected chi connectivity index (χ2v) is 15.9. The summed E-state index contributed by atoms with van der Waals surface area (Å²) in [7, 11) is -4.70. The van der Waals surface area contributed by atoms with Crippen LogP contribution < -0.4 is 5.73 Å². The van der Waals surface area contributed by atoms with Crippen molar-refractivity contribution >= 4 is 25.7 Å². The first kappa shape index (κ1) is 51.2. The van der Waals surface area contributed by atoms with Gasteiger partial charge >= 0.3 is 25.7 Å². The Bertz CT molecular complexity index is 963. The molecule has 0 rings (SSSR count). The molecule has 0 bridgehead atoms. The summed E-state index contributed by atoms with van der Waals surface area (Å²) in [6, 6.07) is -1.52. The van der Waals surface area contributed by atoms with Crippen LogP contribution in [0.1, 0.15) is 200 Å². The second kappa shape index (κ2) is 37.2. The van der Waals surface area contributed by atoms with Crippen LogP contribution >= 0.6 is 7.82 Å². The fourth-order valence-corrected chi connectivity index (χ4v) is 6.66. The molecule has 0 saturated carbocycles. The zero-order valence-corrected chi connectivity index (χ0v) is 34.5. The van der Waals surface area contributed by atoms with E-state index in [0.717, 1.165) is 38.5 Å². The second-order valence-electron chi connectivity index (χ2n) is 14.5. The molecule has 11 nitrogen and oxygen atoms in total. The van der Waals surface area contributed by atoms with E-state index in [0.29, 0.717) is 12.8 Å². The molecule has 0 aliphatic rings. The van der Waals surface area contributed by atoms with Gasteiger partial charge in [0, 0.05) is 12.8 Å². The monoisotopic (exact) mass is 776 g/mol. The van der Waals surface area contributed by atoms with Crippen molar-refractivity contribution in [2.24, 2.45) is 5.73 Å². The fourth-order valence-electron chi connectivity index (χ4n) is 5.88. The van der Waals surface area contributed by atoms with Crippen LogP contribution in [0.3, 0.4) is 0 Å². The van der Waals surface area contributed by atoms with Crippen LogP contribution in [0.25, 0.3) is 0 Å². The number of esters is 2. The third-order valence-electron chi connectivity index (χ3n) is 9.26. The van der Waals surface area contributed by atoms with Crippen LogP contribution in [0.4, 0.5) is 0 Å². The maximum atomic E-state index is 12.6. The highest BCUT2D eigenvalue weighted by atomic mass is 31.2. The molecule has 312 valence electrons. The largest absolute Gasteiger partial charge is 0.480 e. The van der Waals surface area contributed by atoms with Crippen molar-refractivity contribution in [3.63, 3.8) is 0 Å². The Morgan fingerprint density at radius 2 is 0.943 bits per heavy atom. The number of unbranched alkanes of at least 4 members (excludes halogenated alkanes) is 24. The molecular formula is C41H78NO10P. The van der Waals surface area contributed by atoms with Crippen molar-refractivity contribution in [3.05, 3.63) is 12.2 Å². The number of carboxylic acid groups (broad SMARTS) is 1. The standard InChI is InChI=1S/C41H78NO10P/c1-3-5-7-9-11-13-14-15-16-17-18-19-20-21-22-23-24-25-27-29-31-33-40(44)52-37(35-50-53(47,48)51-36-38(42)41(45)46)34-49-39(43)32-30-28-26-12-10-8-6-4-2/h15-16,37-38H,3-14,17-36,42H2,1-2H3,(H,45,46)(H,47,48)/b16-15+/t37-,38-/m0/s1. The van der Waals surface area contributed by atoms with Crippen LogP contribution in [0.2, 0.25) is 0 Å². The lowest BCUT2D eigenvalue weighted by Gasteiger charge is -2.20.